The summed E-state index contributed by atoms with van der Waals surface area (Å²) in [5.74, 6) is 0.632. The molecule has 2 aliphatic rings. The van der Waals surface area contributed by atoms with Crippen molar-refractivity contribution >= 4 is 5.78 Å². The number of alkyl halides is 3. The normalized spacial score (nSPS) is 31.0. The molecule has 160 valence electrons. The summed E-state index contributed by atoms with van der Waals surface area (Å²) in [6.07, 6.45) is -1.24. The van der Waals surface area contributed by atoms with Crippen molar-refractivity contribution in [2.24, 2.45) is 10.8 Å². The highest BCUT2D eigenvalue weighted by atomic mass is 19.4. The predicted octanol–water partition coefficient (Wildman–Crippen LogP) is 6.47. The van der Waals surface area contributed by atoms with Gasteiger partial charge in [0.25, 0.3) is 0 Å². The maximum absolute atomic E-state index is 13.6. The third-order valence-corrected chi connectivity index (χ3v) is 7.55. The molecule has 2 saturated carbocycles. The van der Waals surface area contributed by atoms with Crippen LogP contribution in [0.3, 0.4) is 0 Å². The van der Waals surface area contributed by atoms with Crippen LogP contribution in [0.5, 0.6) is 0 Å². The predicted molar refractivity (Wildman–Crippen MR) is 108 cm³/mol. The van der Waals surface area contributed by atoms with Gasteiger partial charge in [-0.05, 0) is 67.1 Å². The number of fused-ring (bicyclic) bond motifs is 1. The number of Topliss-reactive ketones (excluding diaryl/α,β-unsaturated/α-hetero) is 1. The summed E-state index contributed by atoms with van der Waals surface area (Å²) in [7, 11) is 0. The first kappa shape index (κ1) is 21.0. The van der Waals surface area contributed by atoms with Gasteiger partial charge in [-0.3, -0.25) is 4.79 Å². The second-order valence-electron chi connectivity index (χ2n) is 9.73. The van der Waals surface area contributed by atoms with Gasteiger partial charge in [-0.2, -0.15) is 13.2 Å². The van der Waals surface area contributed by atoms with Crippen molar-refractivity contribution in [2.45, 2.75) is 71.4 Å². The van der Waals surface area contributed by atoms with Crippen LogP contribution in [0.15, 0.2) is 30.3 Å². The molecule has 30 heavy (non-hydrogen) atoms. The average molecular weight is 416 g/mol. The molecule has 2 aliphatic carbocycles. The number of halogens is 3. The fourth-order valence-electron chi connectivity index (χ4n) is 5.94. The van der Waals surface area contributed by atoms with Gasteiger partial charge in [-0.1, -0.05) is 32.0 Å². The lowest BCUT2D eigenvalue weighted by Crippen LogP contribution is -2.25. The number of nitrogens with zero attached hydrogens (tertiary/aromatic N) is 2. The molecular weight excluding hydrogens is 389 g/mol. The molecule has 4 rings (SSSR count). The summed E-state index contributed by atoms with van der Waals surface area (Å²) in [6.45, 7) is 7.76. The molecule has 2 fully saturated rings. The molecule has 0 radical (unpaired) electrons. The van der Waals surface area contributed by atoms with Crippen molar-refractivity contribution in [1.82, 2.24) is 9.97 Å². The van der Waals surface area contributed by atoms with Gasteiger partial charge in [0, 0.05) is 18.5 Å². The minimum absolute atomic E-state index is 0.0822. The Kier molecular flexibility index (Phi) is 4.83. The zero-order chi connectivity index (χ0) is 21.9. The highest BCUT2D eigenvalue weighted by molar-refractivity contribution is 5.92. The minimum atomic E-state index is -4.34. The SMILES string of the molecule is CC(=O)c1cc(C)nc(C2C[C@@]3(C)CC(c4ccccc4C(F)(F)F)C[C@@]3(C)C2)n1. The van der Waals surface area contributed by atoms with E-state index in [1.165, 1.54) is 19.1 Å². The largest absolute Gasteiger partial charge is 0.416 e. The third-order valence-electron chi connectivity index (χ3n) is 7.55. The molecule has 1 heterocycles. The van der Waals surface area contributed by atoms with E-state index in [1.54, 1.807) is 18.2 Å². The number of carbonyl (C=O) groups excluding carboxylic acids is 1. The van der Waals surface area contributed by atoms with Crippen LogP contribution in [0.25, 0.3) is 0 Å². The van der Waals surface area contributed by atoms with Crippen molar-refractivity contribution in [1.29, 1.82) is 0 Å². The van der Waals surface area contributed by atoms with Gasteiger partial charge in [0.2, 0.25) is 0 Å². The fourth-order valence-corrected chi connectivity index (χ4v) is 5.94. The van der Waals surface area contributed by atoms with Gasteiger partial charge in [-0.15, -0.1) is 0 Å². The van der Waals surface area contributed by atoms with Crippen molar-refractivity contribution in [3.8, 4) is 0 Å². The second-order valence-corrected chi connectivity index (χ2v) is 9.73. The Morgan fingerprint density at radius 3 is 2.13 bits per heavy atom. The molecular formula is C24H27F3N2O. The smallest absolute Gasteiger partial charge is 0.293 e. The maximum Gasteiger partial charge on any atom is 0.416 e. The zero-order valence-electron chi connectivity index (χ0n) is 17.8. The van der Waals surface area contributed by atoms with Crippen LogP contribution >= 0.6 is 0 Å². The molecule has 0 amide bonds. The average Bonchev–Trinajstić information content (AvgIpc) is 3.05. The Morgan fingerprint density at radius 2 is 1.57 bits per heavy atom. The lowest BCUT2D eigenvalue weighted by atomic mass is 9.71. The van der Waals surface area contributed by atoms with Gasteiger partial charge in [0.05, 0.1) is 5.56 Å². The van der Waals surface area contributed by atoms with E-state index in [0.29, 0.717) is 17.1 Å². The molecule has 0 aliphatic heterocycles. The van der Waals surface area contributed by atoms with Crippen LogP contribution in [-0.4, -0.2) is 15.8 Å². The lowest BCUT2D eigenvalue weighted by molar-refractivity contribution is -0.138. The maximum atomic E-state index is 13.6. The standard InChI is InChI=1S/C24H27F3N2O/c1-14-9-20(15(2)30)29-21(28-14)17-12-22(3)10-16(11-23(22,4)13-17)18-7-5-6-8-19(18)24(25,26)27/h5-9,16-17H,10-13H2,1-4H3/t16?,17?,22-,23+. The zero-order valence-corrected chi connectivity index (χ0v) is 17.8. The molecule has 1 aromatic heterocycles. The van der Waals surface area contributed by atoms with E-state index < -0.39 is 11.7 Å². The number of hydrogen-bond acceptors (Lipinski definition) is 3. The molecule has 2 aromatic rings. The Hall–Kier alpha value is -2.24. The topological polar surface area (TPSA) is 42.9 Å². The molecule has 3 nitrogen and oxygen atoms in total. The number of ketones is 1. The van der Waals surface area contributed by atoms with Crippen molar-refractivity contribution in [2.75, 3.05) is 0 Å². The van der Waals surface area contributed by atoms with Crippen LogP contribution in [-0.2, 0) is 6.18 Å². The van der Waals surface area contributed by atoms with Crippen LogP contribution in [0, 0.1) is 17.8 Å². The number of benzene rings is 1. The van der Waals surface area contributed by atoms with E-state index in [0.717, 1.165) is 31.4 Å². The lowest BCUT2D eigenvalue weighted by Gasteiger charge is -2.33. The molecule has 0 saturated heterocycles. The van der Waals surface area contributed by atoms with E-state index >= 15 is 0 Å². The monoisotopic (exact) mass is 416 g/mol. The first-order valence-corrected chi connectivity index (χ1v) is 10.4. The van der Waals surface area contributed by atoms with Crippen LogP contribution < -0.4 is 0 Å². The number of hydrogen-bond donors (Lipinski definition) is 0. The number of rotatable bonds is 3. The highest BCUT2D eigenvalue weighted by Crippen LogP contribution is 2.69. The van der Waals surface area contributed by atoms with Gasteiger partial charge in [0.15, 0.2) is 5.78 Å². The Bertz CT molecular complexity index is 982. The number of aromatic nitrogens is 2. The summed E-state index contributed by atoms with van der Waals surface area (Å²) >= 11 is 0. The van der Waals surface area contributed by atoms with Gasteiger partial charge in [-0.25, -0.2) is 9.97 Å². The van der Waals surface area contributed by atoms with Crippen molar-refractivity contribution in [3.63, 3.8) is 0 Å². The number of aryl methyl sites for hydroxylation is 1. The summed E-state index contributed by atoms with van der Waals surface area (Å²) in [6, 6.07) is 7.71. The van der Waals surface area contributed by atoms with Gasteiger partial charge >= 0.3 is 6.18 Å². The molecule has 0 N–H and O–H groups in total. The van der Waals surface area contributed by atoms with Crippen molar-refractivity contribution in [3.05, 3.63) is 58.7 Å². The van der Waals surface area contributed by atoms with E-state index in [4.69, 9.17) is 0 Å². The molecule has 2 unspecified atom stereocenters. The highest BCUT2D eigenvalue weighted by Gasteiger charge is 2.59. The fraction of sp³-hybridized carbons (Fsp3) is 0.542. The Labute approximate surface area is 175 Å². The third kappa shape index (κ3) is 3.44. The molecule has 0 bridgehead atoms. The summed E-state index contributed by atoms with van der Waals surface area (Å²) < 4.78 is 40.7. The van der Waals surface area contributed by atoms with Gasteiger partial charge in [0.1, 0.15) is 11.5 Å². The van der Waals surface area contributed by atoms with E-state index in [2.05, 4.69) is 23.8 Å². The Balaban J connectivity index is 1.63. The second kappa shape index (κ2) is 6.89. The summed E-state index contributed by atoms with van der Waals surface area (Å²) in [5.41, 5.74) is 0.932. The molecule has 6 heteroatoms. The minimum Gasteiger partial charge on any atom is -0.293 e. The van der Waals surface area contributed by atoms with Crippen LogP contribution in [0.1, 0.15) is 91.4 Å². The summed E-state index contributed by atoms with van der Waals surface area (Å²) in [5, 5.41) is 0. The first-order valence-electron chi connectivity index (χ1n) is 10.4. The van der Waals surface area contributed by atoms with Gasteiger partial charge < -0.3 is 0 Å². The van der Waals surface area contributed by atoms with E-state index in [9.17, 15) is 18.0 Å². The van der Waals surface area contributed by atoms with Crippen LogP contribution in [0.2, 0.25) is 0 Å². The molecule has 4 atom stereocenters. The Morgan fingerprint density at radius 1 is 1.00 bits per heavy atom. The molecule has 0 spiro atoms. The first-order chi connectivity index (χ1) is 13.9. The van der Waals surface area contributed by atoms with Crippen LogP contribution in [0.4, 0.5) is 13.2 Å². The number of carbonyl (C=O) groups is 1. The quantitative estimate of drug-likeness (QED) is 0.538. The molecule has 1 aromatic carbocycles. The summed E-state index contributed by atoms with van der Waals surface area (Å²) in [4.78, 5) is 20.9. The van der Waals surface area contributed by atoms with E-state index in [1.807, 2.05) is 6.92 Å². The van der Waals surface area contributed by atoms with E-state index in [-0.39, 0.29) is 28.4 Å². The van der Waals surface area contributed by atoms with Crippen molar-refractivity contribution < 1.29 is 18.0 Å².